The Kier molecular flexibility index (Phi) is 9.15. The largest absolute Gasteiger partial charge is 0.493 e. The van der Waals surface area contributed by atoms with Crippen LogP contribution in [0.4, 0.5) is 0 Å². The van der Waals surface area contributed by atoms with E-state index >= 15 is 0 Å². The van der Waals surface area contributed by atoms with Gasteiger partial charge in [0.05, 0.1) is 13.2 Å². The fraction of sp³-hybridized carbons (Fsp3) is 0.667. The van der Waals surface area contributed by atoms with Gasteiger partial charge in [-0.2, -0.15) is 0 Å². The Morgan fingerprint density at radius 3 is 2.81 bits per heavy atom. The predicted octanol–water partition coefficient (Wildman–Crippen LogP) is 3.21. The van der Waals surface area contributed by atoms with Crippen molar-refractivity contribution in [2.45, 2.75) is 58.5 Å². The van der Waals surface area contributed by atoms with Gasteiger partial charge in [0.25, 0.3) is 0 Å². The minimum atomic E-state index is 0. The minimum absolute atomic E-state index is 0. The summed E-state index contributed by atoms with van der Waals surface area (Å²) in [5, 5.41) is 6.83. The Morgan fingerprint density at radius 2 is 2.11 bits per heavy atom. The summed E-state index contributed by atoms with van der Waals surface area (Å²) >= 11 is 0. The van der Waals surface area contributed by atoms with Crippen LogP contribution in [0, 0.1) is 0 Å². The van der Waals surface area contributed by atoms with Crippen LogP contribution >= 0.6 is 24.0 Å². The molecular weight excluding hydrogens is 451 g/mol. The van der Waals surface area contributed by atoms with Gasteiger partial charge in [-0.1, -0.05) is 12.1 Å². The molecule has 0 saturated heterocycles. The van der Waals surface area contributed by atoms with Gasteiger partial charge < -0.3 is 15.4 Å². The maximum atomic E-state index is 5.58. The van der Waals surface area contributed by atoms with E-state index in [9.17, 15) is 0 Å². The fourth-order valence-corrected chi connectivity index (χ4v) is 3.61. The van der Waals surface area contributed by atoms with E-state index in [0.717, 1.165) is 63.4 Å². The number of benzene rings is 1. The average Bonchev–Trinajstić information content (AvgIpc) is 3.34. The van der Waals surface area contributed by atoms with Crippen LogP contribution in [0.1, 0.15) is 44.7 Å². The topological polar surface area (TPSA) is 48.9 Å². The van der Waals surface area contributed by atoms with Crippen LogP contribution in [0.25, 0.3) is 0 Å². The SMILES string of the molecule is CCNC(=NCCN(C(C)C)C1CC1)NCCc1ccc2c(c1)CCO2.I. The van der Waals surface area contributed by atoms with Crippen molar-refractivity contribution in [2.24, 2.45) is 4.99 Å². The maximum Gasteiger partial charge on any atom is 0.191 e. The Bertz CT molecular complexity index is 614. The van der Waals surface area contributed by atoms with Gasteiger partial charge in [0.15, 0.2) is 5.96 Å². The third kappa shape index (κ3) is 6.82. The van der Waals surface area contributed by atoms with Gasteiger partial charge >= 0.3 is 0 Å². The summed E-state index contributed by atoms with van der Waals surface area (Å²) in [6, 6.07) is 7.97. The molecule has 1 aliphatic carbocycles. The lowest BCUT2D eigenvalue weighted by molar-refractivity contribution is 0.218. The van der Waals surface area contributed by atoms with E-state index in [0.29, 0.717) is 6.04 Å². The molecule has 1 aliphatic heterocycles. The molecule has 1 heterocycles. The molecule has 0 amide bonds. The van der Waals surface area contributed by atoms with Crippen molar-refractivity contribution < 1.29 is 4.74 Å². The lowest BCUT2D eigenvalue weighted by atomic mass is 10.1. The standard InChI is InChI=1S/C21H34N4O.HI/c1-4-22-21(24-12-13-25(16(2)3)19-6-7-19)23-11-9-17-5-8-20-18(15-17)10-14-26-20;/h5,8,15-16,19H,4,6-7,9-14H2,1-3H3,(H2,22,23,24);1H. The average molecular weight is 486 g/mol. The molecule has 1 fully saturated rings. The zero-order valence-electron chi connectivity index (χ0n) is 17.0. The number of halogens is 1. The summed E-state index contributed by atoms with van der Waals surface area (Å²) in [5.41, 5.74) is 2.70. The van der Waals surface area contributed by atoms with Crippen LogP contribution in [-0.2, 0) is 12.8 Å². The van der Waals surface area contributed by atoms with E-state index in [2.05, 4.69) is 54.5 Å². The van der Waals surface area contributed by atoms with Crippen molar-refractivity contribution in [3.63, 3.8) is 0 Å². The van der Waals surface area contributed by atoms with Gasteiger partial charge in [-0.05, 0) is 57.2 Å². The third-order valence-corrected chi connectivity index (χ3v) is 5.11. The van der Waals surface area contributed by atoms with E-state index in [1.807, 2.05) is 0 Å². The molecule has 1 saturated carbocycles. The first kappa shape index (κ1) is 22.3. The highest BCUT2D eigenvalue weighted by Gasteiger charge is 2.29. The molecule has 1 aromatic rings. The highest BCUT2D eigenvalue weighted by molar-refractivity contribution is 14.0. The molecule has 0 aromatic heterocycles. The fourth-order valence-electron chi connectivity index (χ4n) is 3.61. The summed E-state index contributed by atoms with van der Waals surface area (Å²) < 4.78 is 5.58. The van der Waals surface area contributed by atoms with Crippen molar-refractivity contribution in [1.29, 1.82) is 0 Å². The molecule has 0 radical (unpaired) electrons. The smallest absolute Gasteiger partial charge is 0.191 e. The van der Waals surface area contributed by atoms with Gasteiger partial charge in [0, 0.05) is 38.1 Å². The number of nitrogens with zero attached hydrogens (tertiary/aromatic N) is 2. The monoisotopic (exact) mass is 486 g/mol. The lowest BCUT2D eigenvalue weighted by Crippen LogP contribution is -2.40. The zero-order chi connectivity index (χ0) is 18.4. The van der Waals surface area contributed by atoms with Crippen molar-refractivity contribution in [3.8, 4) is 5.75 Å². The van der Waals surface area contributed by atoms with Crippen LogP contribution in [-0.4, -0.2) is 55.7 Å². The van der Waals surface area contributed by atoms with E-state index in [-0.39, 0.29) is 24.0 Å². The molecule has 6 heteroatoms. The van der Waals surface area contributed by atoms with E-state index in [1.54, 1.807) is 0 Å². The lowest BCUT2D eigenvalue weighted by Gasteiger charge is -2.25. The summed E-state index contributed by atoms with van der Waals surface area (Å²) in [5.74, 6) is 1.98. The molecule has 2 N–H and O–H groups in total. The first-order valence-corrected chi connectivity index (χ1v) is 10.2. The highest BCUT2D eigenvalue weighted by Crippen LogP contribution is 2.28. The van der Waals surface area contributed by atoms with Crippen molar-refractivity contribution in [1.82, 2.24) is 15.5 Å². The van der Waals surface area contributed by atoms with E-state index < -0.39 is 0 Å². The number of fused-ring (bicyclic) bond motifs is 1. The molecule has 27 heavy (non-hydrogen) atoms. The first-order chi connectivity index (χ1) is 12.7. The normalized spacial score (nSPS) is 16.1. The second-order valence-electron chi connectivity index (χ2n) is 7.54. The summed E-state index contributed by atoms with van der Waals surface area (Å²) in [4.78, 5) is 7.35. The number of rotatable bonds is 9. The second kappa shape index (κ2) is 11.1. The molecule has 0 spiro atoms. The van der Waals surface area contributed by atoms with Crippen molar-refractivity contribution in [3.05, 3.63) is 29.3 Å². The maximum absolute atomic E-state index is 5.58. The number of hydrogen-bond donors (Lipinski definition) is 2. The number of guanidine groups is 1. The van der Waals surface area contributed by atoms with Gasteiger partial charge in [-0.3, -0.25) is 9.89 Å². The van der Waals surface area contributed by atoms with Crippen LogP contribution in [0.2, 0.25) is 0 Å². The van der Waals surface area contributed by atoms with Gasteiger partial charge in [0.1, 0.15) is 5.75 Å². The molecule has 0 bridgehead atoms. The molecule has 0 unspecified atom stereocenters. The van der Waals surface area contributed by atoms with Crippen LogP contribution in [0.3, 0.4) is 0 Å². The zero-order valence-corrected chi connectivity index (χ0v) is 19.3. The molecule has 5 nitrogen and oxygen atoms in total. The Morgan fingerprint density at radius 1 is 1.30 bits per heavy atom. The van der Waals surface area contributed by atoms with E-state index in [4.69, 9.17) is 9.73 Å². The Labute approximate surface area is 181 Å². The molecule has 1 aromatic carbocycles. The second-order valence-corrected chi connectivity index (χ2v) is 7.54. The number of ether oxygens (including phenoxy) is 1. The molecular formula is C21H35IN4O. The van der Waals surface area contributed by atoms with Crippen LogP contribution in [0.5, 0.6) is 5.75 Å². The highest BCUT2D eigenvalue weighted by atomic mass is 127. The minimum Gasteiger partial charge on any atom is -0.493 e. The van der Waals surface area contributed by atoms with E-state index in [1.165, 1.54) is 24.0 Å². The number of aliphatic imine (C=N–C) groups is 1. The summed E-state index contributed by atoms with van der Waals surface area (Å²) in [6.07, 6.45) is 4.74. The first-order valence-electron chi connectivity index (χ1n) is 10.2. The van der Waals surface area contributed by atoms with Gasteiger partial charge in [-0.25, -0.2) is 0 Å². The van der Waals surface area contributed by atoms with Crippen LogP contribution in [0.15, 0.2) is 23.2 Å². The third-order valence-electron chi connectivity index (χ3n) is 5.11. The number of hydrogen-bond acceptors (Lipinski definition) is 3. The predicted molar refractivity (Wildman–Crippen MR) is 124 cm³/mol. The van der Waals surface area contributed by atoms with Gasteiger partial charge in [-0.15, -0.1) is 24.0 Å². The quantitative estimate of drug-likeness (QED) is 0.320. The molecule has 3 rings (SSSR count). The molecule has 152 valence electrons. The Hall–Kier alpha value is -1.02. The molecule has 2 aliphatic rings. The number of nitrogens with one attached hydrogen (secondary N) is 2. The molecule has 0 atom stereocenters. The summed E-state index contributed by atoms with van der Waals surface area (Å²) in [7, 11) is 0. The van der Waals surface area contributed by atoms with Crippen molar-refractivity contribution in [2.75, 3.05) is 32.8 Å². The summed E-state index contributed by atoms with van der Waals surface area (Å²) in [6.45, 7) is 11.2. The van der Waals surface area contributed by atoms with Crippen molar-refractivity contribution >= 4 is 29.9 Å². The Balaban J connectivity index is 0.00000261. The van der Waals surface area contributed by atoms with Gasteiger partial charge in [0.2, 0.25) is 0 Å². The van der Waals surface area contributed by atoms with Crippen LogP contribution < -0.4 is 15.4 Å².